The van der Waals surface area contributed by atoms with Crippen LogP contribution < -0.4 is 10.2 Å². The van der Waals surface area contributed by atoms with Crippen molar-refractivity contribution in [2.75, 3.05) is 18.0 Å². The van der Waals surface area contributed by atoms with Crippen LogP contribution in [0.4, 0.5) is 18.3 Å². The molecule has 1 N–H and O–H groups in total. The summed E-state index contributed by atoms with van der Waals surface area (Å²) in [6, 6.07) is 2.75. The van der Waals surface area contributed by atoms with Crippen LogP contribution in [0, 0.1) is 18.8 Å². The molecule has 2 heterocycles. The third-order valence-electron chi connectivity index (χ3n) is 4.01. The Balaban J connectivity index is 1.62. The third kappa shape index (κ3) is 4.93. The molecule has 0 bridgehead atoms. The lowest BCUT2D eigenvalue weighted by molar-refractivity contribution is -0.137. The molecule has 0 aliphatic carbocycles. The van der Waals surface area contributed by atoms with Gasteiger partial charge in [0.15, 0.2) is 5.13 Å². The maximum Gasteiger partial charge on any atom is 0.416 e. The van der Waals surface area contributed by atoms with Crippen molar-refractivity contribution in [3.05, 3.63) is 45.4 Å². The fourth-order valence-corrected chi connectivity index (χ4v) is 3.69. The minimum Gasteiger partial charge on any atom is -0.346 e. The van der Waals surface area contributed by atoms with E-state index in [1.165, 1.54) is 0 Å². The van der Waals surface area contributed by atoms with E-state index < -0.39 is 17.6 Å². The Morgan fingerprint density at radius 3 is 2.89 bits per heavy atom. The number of aryl methyl sites for hydroxylation is 1. The average Bonchev–Trinajstić information content (AvgIpc) is 3.22. The molecule has 1 saturated heterocycles. The van der Waals surface area contributed by atoms with Crippen LogP contribution in [-0.2, 0) is 11.0 Å². The SMILES string of the molecule is Cc1csc(N2CCC(NC(=O)C#Cc3cc(C(F)(F)F)ccc3Cl)C2)n1. The van der Waals surface area contributed by atoms with Crippen LogP contribution in [0.2, 0.25) is 5.02 Å². The van der Waals surface area contributed by atoms with Gasteiger partial charge in [0.1, 0.15) is 0 Å². The molecule has 1 aliphatic rings. The largest absolute Gasteiger partial charge is 0.416 e. The summed E-state index contributed by atoms with van der Waals surface area (Å²) < 4.78 is 38.3. The predicted molar refractivity (Wildman–Crippen MR) is 98.9 cm³/mol. The van der Waals surface area contributed by atoms with E-state index in [1.54, 1.807) is 11.3 Å². The predicted octanol–water partition coefficient (Wildman–Crippen LogP) is 3.87. The second-order valence-corrected chi connectivity index (χ2v) is 7.36. The zero-order valence-corrected chi connectivity index (χ0v) is 15.8. The van der Waals surface area contributed by atoms with Gasteiger partial charge in [-0.05, 0) is 31.5 Å². The highest BCUT2D eigenvalue weighted by atomic mass is 35.5. The zero-order valence-electron chi connectivity index (χ0n) is 14.2. The highest BCUT2D eigenvalue weighted by Gasteiger charge is 2.30. The van der Waals surface area contributed by atoms with Gasteiger partial charge in [-0.25, -0.2) is 4.98 Å². The standard InChI is InChI=1S/C18H15ClF3N3OS/c1-11-10-27-17(23-11)25-7-6-14(9-25)24-16(26)5-2-12-8-13(18(20,21)22)3-4-15(12)19/h3-4,8,10,14H,6-7,9H2,1H3,(H,24,26). The Morgan fingerprint density at radius 2 is 2.22 bits per heavy atom. The molecular formula is C18H15ClF3N3OS. The fourth-order valence-electron chi connectivity index (χ4n) is 2.68. The minimum absolute atomic E-state index is 0.0343. The molecule has 1 fully saturated rings. The first-order chi connectivity index (χ1) is 12.7. The van der Waals surface area contributed by atoms with Gasteiger partial charge in [0, 0.05) is 36.0 Å². The first-order valence-corrected chi connectivity index (χ1v) is 9.34. The van der Waals surface area contributed by atoms with Crippen molar-refractivity contribution >= 4 is 34.0 Å². The van der Waals surface area contributed by atoms with Crippen LogP contribution in [-0.4, -0.2) is 30.0 Å². The van der Waals surface area contributed by atoms with Crippen LogP contribution in [0.5, 0.6) is 0 Å². The van der Waals surface area contributed by atoms with E-state index in [1.807, 2.05) is 12.3 Å². The maximum atomic E-state index is 12.8. The lowest BCUT2D eigenvalue weighted by atomic mass is 10.1. The quantitative estimate of drug-likeness (QED) is 0.760. The first-order valence-electron chi connectivity index (χ1n) is 8.09. The van der Waals surface area contributed by atoms with Gasteiger partial charge in [-0.3, -0.25) is 4.79 Å². The number of anilines is 1. The summed E-state index contributed by atoms with van der Waals surface area (Å²) in [5.74, 6) is 4.20. The van der Waals surface area contributed by atoms with E-state index in [0.29, 0.717) is 6.54 Å². The minimum atomic E-state index is -4.50. The van der Waals surface area contributed by atoms with Gasteiger partial charge in [0.2, 0.25) is 0 Å². The van der Waals surface area contributed by atoms with E-state index >= 15 is 0 Å². The van der Waals surface area contributed by atoms with Gasteiger partial charge < -0.3 is 10.2 Å². The summed E-state index contributed by atoms with van der Waals surface area (Å²) in [6.45, 7) is 3.30. The molecule has 1 amide bonds. The molecule has 1 aromatic heterocycles. The summed E-state index contributed by atoms with van der Waals surface area (Å²) in [7, 11) is 0. The molecule has 0 saturated carbocycles. The number of benzene rings is 1. The summed E-state index contributed by atoms with van der Waals surface area (Å²) in [5.41, 5.74) is 0.0565. The number of amides is 1. The average molecular weight is 414 g/mol. The number of carbonyl (C=O) groups excluding carboxylic acids is 1. The molecule has 0 spiro atoms. The molecule has 2 aromatic rings. The van der Waals surface area contributed by atoms with Crippen molar-refractivity contribution in [2.45, 2.75) is 25.6 Å². The highest BCUT2D eigenvalue weighted by molar-refractivity contribution is 7.13. The number of hydrogen-bond acceptors (Lipinski definition) is 4. The number of aromatic nitrogens is 1. The molecule has 3 rings (SSSR count). The van der Waals surface area contributed by atoms with Crippen molar-refractivity contribution in [3.63, 3.8) is 0 Å². The Hall–Kier alpha value is -2.24. The number of carbonyl (C=O) groups is 1. The van der Waals surface area contributed by atoms with Crippen LogP contribution in [0.15, 0.2) is 23.6 Å². The second kappa shape index (κ2) is 7.79. The number of nitrogens with zero attached hydrogens (tertiary/aromatic N) is 2. The number of halogens is 4. The molecular weight excluding hydrogens is 399 g/mol. The van der Waals surface area contributed by atoms with E-state index in [-0.39, 0.29) is 16.6 Å². The second-order valence-electron chi connectivity index (χ2n) is 6.12. The maximum absolute atomic E-state index is 12.8. The van der Waals surface area contributed by atoms with Gasteiger partial charge in [0.05, 0.1) is 16.3 Å². The van der Waals surface area contributed by atoms with E-state index in [4.69, 9.17) is 11.6 Å². The summed E-state index contributed by atoms with van der Waals surface area (Å²) in [5, 5.41) is 5.71. The van der Waals surface area contributed by atoms with E-state index in [0.717, 1.165) is 42.0 Å². The van der Waals surface area contributed by atoms with Crippen molar-refractivity contribution in [1.82, 2.24) is 10.3 Å². The molecule has 1 aliphatic heterocycles. The van der Waals surface area contributed by atoms with Gasteiger partial charge in [-0.1, -0.05) is 17.5 Å². The summed E-state index contributed by atoms with van der Waals surface area (Å²) >= 11 is 7.42. The lowest BCUT2D eigenvalue weighted by Crippen LogP contribution is -2.36. The number of alkyl halides is 3. The third-order valence-corrected chi connectivity index (χ3v) is 5.35. The monoisotopic (exact) mass is 413 g/mol. The Bertz CT molecular complexity index is 917. The Labute approximate surface area is 163 Å². The normalized spacial score (nSPS) is 16.8. The molecule has 1 atom stereocenters. The molecule has 9 heteroatoms. The number of hydrogen-bond donors (Lipinski definition) is 1. The summed E-state index contributed by atoms with van der Waals surface area (Å²) in [4.78, 5) is 18.5. The van der Waals surface area contributed by atoms with Crippen molar-refractivity contribution in [2.24, 2.45) is 0 Å². The molecule has 1 aromatic carbocycles. The van der Waals surface area contributed by atoms with E-state index in [2.05, 4.69) is 27.0 Å². The van der Waals surface area contributed by atoms with Crippen molar-refractivity contribution < 1.29 is 18.0 Å². The van der Waals surface area contributed by atoms with Crippen LogP contribution in [0.1, 0.15) is 23.2 Å². The first kappa shape index (κ1) is 19.5. The topological polar surface area (TPSA) is 45.2 Å². The van der Waals surface area contributed by atoms with E-state index in [9.17, 15) is 18.0 Å². The van der Waals surface area contributed by atoms with Crippen molar-refractivity contribution in [1.29, 1.82) is 0 Å². The van der Waals surface area contributed by atoms with Crippen LogP contribution in [0.3, 0.4) is 0 Å². The Morgan fingerprint density at radius 1 is 1.44 bits per heavy atom. The number of nitrogens with one attached hydrogen (secondary N) is 1. The van der Waals surface area contributed by atoms with Gasteiger partial charge >= 0.3 is 6.18 Å². The molecule has 1 unspecified atom stereocenters. The highest BCUT2D eigenvalue weighted by Crippen LogP contribution is 2.31. The van der Waals surface area contributed by atoms with Crippen LogP contribution >= 0.6 is 22.9 Å². The molecule has 0 radical (unpaired) electrons. The fraction of sp³-hybridized carbons (Fsp3) is 0.333. The summed E-state index contributed by atoms with van der Waals surface area (Å²) in [6.07, 6.45) is -3.75. The van der Waals surface area contributed by atoms with Gasteiger partial charge in [0.25, 0.3) is 5.91 Å². The van der Waals surface area contributed by atoms with Crippen molar-refractivity contribution in [3.8, 4) is 11.8 Å². The Kier molecular flexibility index (Phi) is 5.63. The molecule has 27 heavy (non-hydrogen) atoms. The van der Waals surface area contributed by atoms with Gasteiger partial charge in [-0.2, -0.15) is 13.2 Å². The van der Waals surface area contributed by atoms with Crippen LogP contribution in [0.25, 0.3) is 0 Å². The molecule has 4 nitrogen and oxygen atoms in total. The lowest BCUT2D eigenvalue weighted by Gasteiger charge is -2.14. The number of rotatable bonds is 2. The number of thiazole rings is 1. The molecule has 142 valence electrons. The van der Waals surface area contributed by atoms with Gasteiger partial charge in [-0.15, -0.1) is 11.3 Å². The smallest absolute Gasteiger partial charge is 0.346 e. The zero-order chi connectivity index (χ0) is 19.6.